The summed E-state index contributed by atoms with van der Waals surface area (Å²) in [6, 6.07) is 18.5. The number of carbonyl (C=O) groups excluding carboxylic acids is 1. The van der Waals surface area contributed by atoms with Crippen LogP contribution < -0.4 is 5.32 Å². The first-order valence-electron chi connectivity index (χ1n) is 8.30. The van der Waals surface area contributed by atoms with E-state index in [1.165, 1.54) is 10.5 Å². The van der Waals surface area contributed by atoms with Crippen LogP contribution >= 0.6 is 23.1 Å². The predicted octanol–water partition coefficient (Wildman–Crippen LogP) is 4.71. The molecule has 1 aromatic heterocycles. The Bertz CT molecular complexity index is 876. The molecule has 0 radical (unpaired) electrons. The molecule has 2 heterocycles. The van der Waals surface area contributed by atoms with Crippen LogP contribution in [0, 0.1) is 0 Å². The summed E-state index contributed by atoms with van der Waals surface area (Å²) in [4.78, 5) is 18.4. The third kappa shape index (κ3) is 3.78. The molecule has 0 aliphatic carbocycles. The Hall–Kier alpha value is -2.11. The minimum atomic E-state index is 0.0385. The topological polar surface area (TPSA) is 42.0 Å². The molecule has 0 saturated heterocycles. The number of benzene rings is 2. The van der Waals surface area contributed by atoms with Crippen molar-refractivity contribution in [2.45, 2.75) is 23.8 Å². The summed E-state index contributed by atoms with van der Waals surface area (Å²) in [5, 5.41) is 6.12. The van der Waals surface area contributed by atoms with Crippen molar-refractivity contribution in [2.75, 3.05) is 5.75 Å². The Kier molecular flexibility index (Phi) is 4.85. The van der Waals surface area contributed by atoms with Gasteiger partial charge in [0.05, 0.1) is 18.2 Å². The maximum atomic E-state index is 12.5. The van der Waals surface area contributed by atoms with Crippen LogP contribution in [0.4, 0.5) is 0 Å². The van der Waals surface area contributed by atoms with Crippen molar-refractivity contribution in [3.63, 3.8) is 0 Å². The molecule has 1 atom stereocenters. The fourth-order valence-corrected chi connectivity index (χ4v) is 4.95. The molecule has 1 aliphatic rings. The monoisotopic (exact) mass is 366 g/mol. The lowest BCUT2D eigenvalue weighted by Crippen LogP contribution is -2.31. The van der Waals surface area contributed by atoms with Gasteiger partial charge >= 0.3 is 0 Å². The number of aromatic nitrogens is 1. The lowest BCUT2D eigenvalue weighted by Gasteiger charge is -2.25. The number of carbonyl (C=O) groups is 1. The van der Waals surface area contributed by atoms with E-state index in [-0.39, 0.29) is 11.9 Å². The van der Waals surface area contributed by atoms with Gasteiger partial charge in [0.1, 0.15) is 5.01 Å². The molecule has 0 spiro atoms. The molecule has 0 saturated carbocycles. The number of thioether (sulfide) groups is 1. The molecule has 3 aromatic rings. The molecule has 1 N–H and O–H groups in total. The number of hydrogen-bond acceptors (Lipinski definition) is 4. The van der Waals surface area contributed by atoms with Gasteiger partial charge < -0.3 is 5.32 Å². The van der Waals surface area contributed by atoms with E-state index in [0.717, 1.165) is 28.4 Å². The Balaban J connectivity index is 1.43. The highest BCUT2D eigenvalue weighted by molar-refractivity contribution is 7.99. The van der Waals surface area contributed by atoms with E-state index in [0.29, 0.717) is 6.42 Å². The van der Waals surface area contributed by atoms with Gasteiger partial charge in [0.2, 0.25) is 5.91 Å². The van der Waals surface area contributed by atoms with Crippen molar-refractivity contribution in [1.29, 1.82) is 0 Å². The van der Waals surface area contributed by atoms with Gasteiger partial charge in [0.25, 0.3) is 0 Å². The highest BCUT2D eigenvalue weighted by Crippen LogP contribution is 2.35. The zero-order valence-corrected chi connectivity index (χ0v) is 15.3. The van der Waals surface area contributed by atoms with Crippen molar-refractivity contribution >= 4 is 29.0 Å². The largest absolute Gasteiger partial charge is 0.349 e. The molecule has 2 aromatic carbocycles. The Morgan fingerprint density at radius 2 is 1.92 bits per heavy atom. The fraction of sp³-hybridized carbons (Fsp3) is 0.200. The molecular weight excluding hydrogens is 348 g/mol. The second-order valence-electron chi connectivity index (χ2n) is 5.98. The summed E-state index contributed by atoms with van der Waals surface area (Å²) in [6.45, 7) is 0. The Morgan fingerprint density at radius 3 is 2.80 bits per heavy atom. The van der Waals surface area contributed by atoms with Gasteiger partial charge in [-0.2, -0.15) is 0 Å². The van der Waals surface area contributed by atoms with Crippen molar-refractivity contribution in [3.8, 4) is 10.6 Å². The molecule has 5 heteroatoms. The Morgan fingerprint density at radius 1 is 1.12 bits per heavy atom. The van der Waals surface area contributed by atoms with Gasteiger partial charge in [-0.3, -0.25) is 4.79 Å². The van der Waals surface area contributed by atoms with Crippen LogP contribution in [0.1, 0.15) is 23.7 Å². The standard InChI is InChI=1S/C20H18N2OS2/c23-19(22-17-10-11-24-18-9-5-4-8-16(17)18)12-15-13-25-20(21-15)14-6-2-1-3-7-14/h1-9,13,17H,10-12H2,(H,22,23). The number of thiazole rings is 1. The molecule has 25 heavy (non-hydrogen) atoms. The summed E-state index contributed by atoms with van der Waals surface area (Å²) < 4.78 is 0. The van der Waals surface area contributed by atoms with E-state index in [9.17, 15) is 4.79 Å². The van der Waals surface area contributed by atoms with E-state index < -0.39 is 0 Å². The lowest BCUT2D eigenvalue weighted by molar-refractivity contribution is -0.121. The maximum absolute atomic E-state index is 12.5. The molecule has 0 bridgehead atoms. The normalized spacial score (nSPS) is 16.2. The Labute approximate surface area is 155 Å². The van der Waals surface area contributed by atoms with Gasteiger partial charge in [0, 0.05) is 21.6 Å². The second kappa shape index (κ2) is 7.42. The first-order valence-corrected chi connectivity index (χ1v) is 10.2. The molecular formula is C20H18N2OS2. The van der Waals surface area contributed by atoms with E-state index in [4.69, 9.17) is 0 Å². The van der Waals surface area contributed by atoms with Gasteiger partial charge in [-0.05, 0) is 18.1 Å². The van der Waals surface area contributed by atoms with Gasteiger partial charge in [-0.25, -0.2) is 4.98 Å². The van der Waals surface area contributed by atoms with Crippen LogP contribution in [0.2, 0.25) is 0 Å². The summed E-state index contributed by atoms with van der Waals surface area (Å²) in [5.74, 6) is 1.08. The number of rotatable bonds is 4. The minimum absolute atomic E-state index is 0.0385. The van der Waals surface area contributed by atoms with Crippen LogP contribution in [0.25, 0.3) is 10.6 Å². The van der Waals surface area contributed by atoms with Crippen LogP contribution in [-0.2, 0) is 11.2 Å². The van der Waals surface area contributed by atoms with Crippen molar-refractivity contribution in [2.24, 2.45) is 0 Å². The van der Waals surface area contributed by atoms with Gasteiger partial charge in [0.15, 0.2) is 0 Å². The first-order chi connectivity index (χ1) is 12.3. The third-order valence-electron chi connectivity index (χ3n) is 4.21. The number of hydrogen-bond donors (Lipinski definition) is 1. The summed E-state index contributed by atoms with van der Waals surface area (Å²) in [5.41, 5.74) is 3.16. The SMILES string of the molecule is O=C(Cc1csc(-c2ccccc2)n1)NC1CCSc2ccccc21. The lowest BCUT2D eigenvalue weighted by atomic mass is 10.0. The van der Waals surface area contributed by atoms with Gasteiger partial charge in [-0.15, -0.1) is 23.1 Å². The first kappa shape index (κ1) is 16.4. The number of fused-ring (bicyclic) bond motifs is 1. The molecule has 3 nitrogen and oxygen atoms in total. The zero-order chi connectivity index (χ0) is 17.1. The molecule has 4 rings (SSSR count). The summed E-state index contributed by atoms with van der Waals surface area (Å²) in [6.07, 6.45) is 1.30. The van der Waals surface area contributed by atoms with Crippen LogP contribution in [-0.4, -0.2) is 16.6 Å². The third-order valence-corrected chi connectivity index (χ3v) is 6.27. The number of amides is 1. The average Bonchev–Trinajstić information content (AvgIpc) is 3.11. The average molecular weight is 367 g/mol. The maximum Gasteiger partial charge on any atom is 0.226 e. The number of nitrogens with one attached hydrogen (secondary N) is 1. The second-order valence-corrected chi connectivity index (χ2v) is 7.98. The smallest absolute Gasteiger partial charge is 0.226 e. The molecule has 126 valence electrons. The zero-order valence-electron chi connectivity index (χ0n) is 13.6. The van der Waals surface area contributed by atoms with Crippen LogP contribution in [0.5, 0.6) is 0 Å². The van der Waals surface area contributed by atoms with Crippen molar-refractivity contribution in [1.82, 2.24) is 10.3 Å². The molecule has 1 amide bonds. The quantitative estimate of drug-likeness (QED) is 0.727. The molecule has 1 aliphatic heterocycles. The minimum Gasteiger partial charge on any atom is -0.349 e. The fourth-order valence-electron chi connectivity index (χ4n) is 3.00. The summed E-state index contributed by atoms with van der Waals surface area (Å²) >= 11 is 3.45. The highest BCUT2D eigenvalue weighted by atomic mass is 32.2. The van der Waals surface area contributed by atoms with Crippen LogP contribution in [0.3, 0.4) is 0 Å². The van der Waals surface area contributed by atoms with Crippen LogP contribution in [0.15, 0.2) is 64.9 Å². The van der Waals surface area contributed by atoms with E-state index in [1.54, 1.807) is 11.3 Å². The predicted molar refractivity (Wildman–Crippen MR) is 104 cm³/mol. The van der Waals surface area contributed by atoms with E-state index in [1.807, 2.05) is 53.5 Å². The molecule has 0 fully saturated rings. The van der Waals surface area contributed by atoms with E-state index in [2.05, 4.69) is 28.5 Å². The van der Waals surface area contributed by atoms with Crippen molar-refractivity contribution < 1.29 is 4.79 Å². The molecule has 1 unspecified atom stereocenters. The summed E-state index contributed by atoms with van der Waals surface area (Å²) in [7, 11) is 0. The van der Waals surface area contributed by atoms with Gasteiger partial charge in [-0.1, -0.05) is 48.5 Å². The van der Waals surface area contributed by atoms with Crippen molar-refractivity contribution in [3.05, 3.63) is 71.2 Å². The van der Waals surface area contributed by atoms with E-state index >= 15 is 0 Å². The number of nitrogens with zero attached hydrogens (tertiary/aromatic N) is 1. The highest BCUT2D eigenvalue weighted by Gasteiger charge is 2.22.